The van der Waals surface area contributed by atoms with Crippen LogP contribution in [-0.2, 0) is 4.74 Å². The number of aromatic nitrogens is 3. The van der Waals surface area contributed by atoms with Crippen LogP contribution in [-0.4, -0.2) is 71.5 Å². The molecule has 0 unspecified atom stereocenters. The number of hydrogen-bond donors (Lipinski definition) is 1. The highest BCUT2D eigenvalue weighted by Gasteiger charge is 2.31. The van der Waals surface area contributed by atoms with Gasteiger partial charge in [0.05, 0.1) is 19.4 Å². The second-order valence-electron chi connectivity index (χ2n) is 8.41. The van der Waals surface area contributed by atoms with Gasteiger partial charge < -0.3 is 24.3 Å². The van der Waals surface area contributed by atoms with E-state index in [4.69, 9.17) is 9.72 Å². The van der Waals surface area contributed by atoms with Crippen LogP contribution in [0.4, 0.5) is 19.0 Å². The Labute approximate surface area is 193 Å². The van der Waals surface area contributed by atoms with E-state index in [1.807, 2.05) is 6.20 Å². The number of amides is 1. The smallest absolute Gasteiger partial charge is 0.406 e. The lowest BCUT2D eigenvalue weighted by Crippen LogP contribution is -2.38. The van der Waals surface area contributed by atoms with Crippen molar-refractivity contribution in [1.82, 2.24) is 19.9 Å². The van der Waals surface area contributed by atoms with Crippen molar-refractivity contribution in [2.24, 2.45) is 0 Å². The van der Waals surface area contributed by atoms with Crippen molar-refractivity contribution in [2.75, 3.05) is 44.3 Å². The number of alkyl halides is 3. The van der Waals surface area contributed by atoms with Gasteiger partial charge in [-0.25, -0.2) is 9.97 Å². The fourth-order valence-electron chi connectivity index (χ4n) is 4.53. The number of piperidine rings is 1. The van der Waals surface area contributed by atoms with Gasteiger partial charge in [-0.15, -0.1) is 13.2 Å². The minimum Gasteiger partial charge on any atom is -0.406 e. The van der Waals surface area contributed by atoms with Gasteiger partial charge >= 0.3 is 6.36 Å². The molecule has 0 spiro atoms. The van der Waals surface area contributed by atoms with Crippen molar-refractivity contribution in [3.05, 3.63) is 47.8 Å². The lowest BCUT2D eigenvalue weighted by atomic mass is 9.90. The van der Waals surface area contributed by atoms with Crippen LogP contribution < -0.4 is 9.64 Å². The summed E-state index contributed by atoms with van der Waals surface area (Å²) in [7, 11) is 0. The Morgan fingerprint density at radius 1 is 1.09 bits per heavy atom. The lowest BCUT2D eigenvalue weighted by molar-refractivity contribution is -0.274. The predicted octanol–water partition coefficient (Wildman–Crippen LogP) is 3.71. The largest absolute Gasteiger partial charge is 0.573 e. The number of nitrogens with zero attached hydrogens (tertiary/aromatic N) is 4. The highest BCUT2D eigenvalue weighted by atomic mass is 19.4. The van der Waals surface area contributed by atoms with Gasteiger partial charge in [-0.1, -0.05) is 0 Å². The van der Waals surface area contributed by atoms with Crippen molar-refractivity contribution in [3.63, 3.8) is 0 Å². The molecule has 8 nitrogen and oxygen atoms in total. The van der Waals surface area contributed by atoms with E-state index in [2.05, 4.69) is 19.6 Å². The monoisotopic (exact) mass is 475 g/mol. The molecule has 0 aliphatic carbocycles. The highest BCUT2D eigenvalue weighted by molar-refractivity contribution is 5.94. The third-order valence-corrected chi connectivity index (χ3v) is 6.29. The quantitative estimate of drug-likeness (QED) is 0.620. The molecule has 180 valence electrons. The first-order valence-corrected chi connectivity index (χ1v) is 11.2. The fourth-order valence-corrected chi connectivity index (χ4v) is 4.53. The van der Waals surface area contributed by atoms with E-state index in [9.17, 15) is 18.0 Å². The molecule has 0 radical (unpaired) electrons. The minimum atomic E-state index is -4.76. The molecule has 1 amide bonds. The van der Waals surface area contributed by atoms with Gasteiger partial charge in [0.2, 0.25) is 0 Å². The Bertz CT molecular complexity index is 1150. The Hall–Kier alpha value is -3.34. The zero-order valence-corrected chi connectivity index (χ0v) is 18.3. The SMILES string of the molecule is O=C(c1ccc(OC(F)(F)F)cc1)N1CCC(c2c[nH]c3ncc(N4CCOCC4)nc23)CC1. The Morgan fingerprint density at radius 2 is 1.79 bits per heavy atom. The summed E-state index contributed by atoms with van der Waals surface area (Å²) in [5.41, 5.74) is 3.03. The van der Waals surface area contributed by atoms with Crippen LogP contribution in [0.25, 0.3) is 11.2 Å². The maximum atomic E-state index is 12.8. The molecule has 4 heterocycles. The van der Waals surface area contributed by atoms with Gasteiger partial charge in [0.15, 0.2) is 5.65 Å². The number of likely N-dealkylation sites (tertiary alicyclic amines) is 1. The molecule has 0 atom stereocenters. The normalized spacial score (nSPS) is 17.9. The molecule has 2 aromatic heterocycles. The molecule has 1 aromatic carbocycles. The van der Waals surface area contributed by atoms with Crippen LogP contribution in [0.2, 0.25) is 0 Å². The van der Waals surface area contributed by atoms with Gasteiger partial charge in [0, 0.05) is 43.5 Å². The molecule has 1 N–H and O–H groups in total. The number of rotatable bonds is 4. The topological polar surface area (TPSA) is 83.6 Å². The molecule has 0 saturated carbocycles. The Morgan fingerprint density at radius 3 is 2.47 bits per heavy atom. The van der Waals surface area contributed by atoms with Gasteiger partial charge in [0.1, 0.15) is 17.1 Å². The lowest BCUT2D eigenvalue weighted by Gasteiger charge is -2.32. The van der Waals surface area contributed by atoms with E-state index in [0.29, 0.717) is 31.9 Å². The van der Waals surface area contributed by atoms with Gasteiger partial charge in [-0.2, -0.15) is 0 Å². The maximum Gasteiger partial charge on any atom is 0.573 e. The van der Waals surface area contributed by atoms with Crippen molar-refractivity contribution in [1.29, 1.82) is 0 Å². The van der Waals surface area contributed by atoms with Crippen molar-refractivity contribution < 1.29 is 27.4 Å². The van der Waals surface area contributed by atoms with Crippen LogP contribution in [0.5, 0.6) is 5.75 Å². The third-order valence-electron chi connectivity index (χ3n) is 6.29. The van der Waals surface area contributed by atoms with Gasteiger partial charge in [-0.05, 0) is 43.0 Å². The molecular weight excluding hydrogens is 451 g/mol. The van der Waals surface area contributed by atoms with Crippen LogP contribution in [0.3, 0.4) is 0 Å². The van der Waals surface area contributed by atoms with Crippen LogP contribution in [0, 0.1) is 0 Å². The first kappa shape index (κ1) is 22.5. The number of H-pyrrole nitrogens is 1. The minimum absolute atomic E-state index is 0.203. The number of halogens is 3. The first-order valence-electron chi connectivity index (χ1n) is 11.2. The summed E-state index contributed by atoms with van der Waals surface area (Å²) >= 11 is 0. The zero-order chi connectivity index (χ0) is 23.7. The van der Waals surface area contributed by atoms with E-state index in [1.54, 1.807) is 11.1 Å². The summed E-state index contributed by atoms with van der Waals surface area (Å²) in [6, 6.07) is 5.03. The van der Waals surface area contributed by atoms with Crippen LogP contribution >= 0.6 is 0 Å². The van der Waals surface area contributed by atoms with Crippen molar-refractivity contribution >= 4 is 22.9 Å². The second kappa shape index (κ2) is 9.13. The summed E-state index contributed by atoms with van der Waals surface area (Å²) in [6.07, 6.45) is 0.494. The number of nitrogens with one attached hydrogen (secondary N) is 1. The third kappa shape index (κ3) is 4.79. The molecule has 2 aliphatic rings. The number of fused-ring (bicyclic) bond motifs is 1. The Balaban J connectivity index is 1.24. The molecule has 3 aromatic rings. The predicted molar refractivity (Wildman–Crippen MR) is 118 cm³/mol. The van der Waals surface area contributed by atoms with E-state index < -0.39 is 6.36 Å². The number of benzene rings is 1. The summed E-state index contributed by atoms with van der Waals surface area (Å²) in [4.78, 5) is 29.4. The second-order valence-corrected chi connectivity index (χ2v) is 8.41. The number of anilines is 1. The molecular formula is C23H24F3N5O3. The standard InChI is InChI=1S/C23H24F3N5O3/c24-23(25,26)34-17-3-1-16(2-4-17)22(32)31-7-5-15(6-8-31)18-13-27-21-20(18)29-19(14-28-21)30-9-11-33-12-10-30/h1-4,13-15H,5-12H2,(H,27,28). The molecule has 2 saturated heterocycles. The summed E-state index contributed by atoms with van der Waals surface area (Å²) in [6.45, 7) is 4.00. The van der Waals surface area contributed by atoms with Gasteiger partial charge in [-0.3, -0.25) is 4.79 Å². The molecule has 34 heavy (non-hydrogen) atoms. The fraction of sp³-hybridized carbons (Fsp3) is 0.435. The van der Waals surface area contributed by atoms with Crippen LogP contribution in [0.1, 0.15) is 34.7 Å². The van der Waals surface area contributed by atoms with Crippen molar-refractivity contribution in [2.45, 2.75) is 25.1 Å². The number of morpholine rings is 1. The molecule has 2 fully saturated rings. The number of carbonyl (C=O) groups is 1. The highest BCUT2D eigenvalue weighted by Crippen LogP contribution is 2.33. The molecule has 0 bridgehead atoms. The van der Waals surface area contributed by atoms with Crippen LogP contribution in [0.15, 0.2) is 36.7 Å². The van der Waals surface area contributed by atoms with E-state index >= 15 is 0 Å². The summed E-state index contributed by atoms with van der Waals surface area (Å²) < 4.78 is 46.3. The number of aromatic amines is 1. The maximum absolute atomic E-state index is 12.8. The molecule has 5 rings (SSSR count). The Kier molecular flexibility index (Phi) is 6.03. The van der Waals surface area contributed by atoms with E-state index in [1.165, 1.54) is 12.1 Å². The molecule has 11 heteroatoms. The first-order chi connectivity index (χ1) is 16.4. The summed E-state index contributed by atoms with van der Waals surface area (Å²) in [5.74, 6) is 0.516. The summed E-state index contributed by atoms with van der Waals surface area (Å²) in [5, 5.41) is 0. The van der Waals surface area contributed by atoms with Gasteiger partial charge in [0.25, 0.3) is 5.91 Å². The molecule has 2 aliphatic heterocycles. The van der Waals surface area contributed by atoms with E-state index in [-0.39, 0.29) is 17.6 Å². The average Bonchev–Trinajstić information content (AvgIpc) is 3.27. The van der Waals surface area contributed by atoms with Crippen molar-refractivity contribution in [3.8, 4) is 5.75 Å². The van der Waals surface area contributed by atoms with E-state index in [0.717, 1.165) is 60.6 Å². The number of carbonyl (C=O) groups excluding carboxylic acids is 1. The average molecular weight is 475 g/mol. The number of hydrogen-bond acceptors (Lipinski definition) is 6. The number of ether oxygens (including phenoxy) is 2. The zero-order valence-electron chi connectivity index (χ0n) is 18.3.